The lowest BCUT2D eigenvalue weighted by atomic mass is 10.1. The molecule has 1 aromatic carbocycles. The van der Waals surface area contributed by atoms with Gasteiger partial charge in [0.05, 0.1) is 12.6 Å². The van der Waals surface area contributed by atoms with Crippen LogP contribution in [0.2, 0.25) is 0 Å². The molecule has 1 heterocycles. The van der Waals surface area contributed by atoms with E-state index >= 15 is 0 Å². The van der Waals surface area contributed by atoms with Crippen LogP contribution in [0.25, 0.3) is 10.9 Å². The molecule has 2 rings (SSSR count). The van der Waals surface area contributed by atoms with Gasteiger partial charge in [-0.25, -0.2) is 0 Å². The molecular formula is C12H13N3O2S. The molecule has 94 valence electrons. The Labute approximate surface area is 109 Å². The first kappa shape index (κ1) is 12.4. The molecule has 5 nitrogen and oxygen atoms in total. The van der Waals surface area contributed by atoms with Crippen LogP contribution in [-0.2, 0) is 6.54 Å². The van der Waals surface area contributed by atoms with E-state index in [1.807, 2.05) is 12.1 Å². The largest absolute Gasteiger partial charge is 0.497 e. The maximum Gasteiger partial charge on any atom is 0.253 e. The molecule has 0 amide bonds. The van der Waals surface area contributed by atoms with E-state index in [1.165, 1.54) is 0 Å². The molecule has 0 spiro atoms. The smallest absolute Gasteiger partial charge is 0.253 e. The second-order valence-electron chi connectivity index (χ2n) is 3.79. The molecule has 0 fully saturated rings. The molecule has 0 saturated heterocycles. The van der Waals surface area contributed by atoms with Crippen LogP contribution < -0.4 is 21.3 Å². The normalized spacial score (nSPS) is 10.3. The summed E-state index contributed by atoms with van der Waals surface area (Å²) in [7, 11) is 1.58. The second-order valence-corrected chi connectivity index (χ2v) is 4.23. The molecular weight excluding hydrogens is 250 g/mol. The maximum absolute atomic E-state index is 11.8. The summed E-state index contributed by atoms with van der Waals surface area (Å²) in [5.41, 5.74) is 6.48. The van der Waals surface area contributed by atoms with Crippen LogP contribution in [0, 0.1) is 0 Å². The van der Waals surface area contributed by atoms with E-state index < -0.39 is 0 Å². The number of methoxy groups -OCH3 is 1. The number of ether oxygens (including phenoxy) is 1. The van der Waals surface area contributed by atoms with Crippen LogP contribution in [0.3, 0.4) is 0 Å². The van der Waals surface area contributed by atoms with Gasteiger partial charge in [-0.3, -0.25) is 4.79 Å². The molecule has 2 aromatic rings. The fraction of sp³-hybridized carbons (Fsp3) is 0.167. The van der Waals surface area contributed by atoms with Crippen molar-refractivity contribution in [2.45, 2.75) is 6.54 Å². The van der Waals surface area contributed by atoms with Crippen molar-refractivity contribution in [2.24, 2.45) is 5.73 Å². The van der Waals surface area contributed by atoms with Crippen molar-refractivity contribution in [1.82, 2.24) is 10.3 Å². The van der Waals surface area contributed by atoms with Gasteiger partial charge in [0, 0.05) is 18.2 Å². The summed E-state index contributed by atoms with van der Waals surface area (Å²) in [6.45, 7) is 0.312. The second kappa shape index (κ2) is 5.05. The molecule has 0 atom stereocenters. The molecule has 0 bridgehead atoms. The molecule has 18 heavy (non-hydrogen) atoms. The fourth-order valence-corrected chi connectivity index (χ4v) is 1.74. The van der Waals surface area contributed by atoms with E-state index in [9.17, 15) is 4.79 Å². The van der Waals surface area contributed by atoms with Gasteiger partial charge in [0.2, 0.25) is 0 Å². The minimum atomic E-state index is -0.167. The predicted octanol–water partition coefficient (Wildman–Crippen LogP) is 0.870. The number of pyridine rings is 1. The average Bonchev–Trinajstić information content (AvgIpc) is 2.35. The van der Waals surface area contributed by atoms with E-state index in [1.54, 1.807) is 19.2 Å². The van der Waals surface area contributed by atoms with Gasteiger partial charge in [-0.1, -0.05) is 0 Å². The molecule has 0 unspecified atom stereocenters. The first-order valence-electron chi connectivity index (χ1n) is 5.33. The first-order chi connectivity index (χ1) is 8.60. The Hall–Kier alpha value is -2.08. The Kier molecular flexibility index (Phi) is 3.47. The zero-order chi connectivity index (χ0) is 13.1. The van der Waals surface area contributed by atoms with Crippen LogP contribution in [0.15, 0.2) is 29.1 Å². The zero-order valence-corrected chi connectivity index (χ0v) is 10.6. The Morgan fingerprint density at radius 3 is 2.94 bits per heavy atom. The molecule has 4 N–H and O–H groups in total. The summed E-state index contributed by atoms with van der Waals surface area (Å²) < 4.78 is 5.10. The monoisotopic (exact) mass is 263 g/mol. The van der Waals surface area contributed by atoms with Crippen molar-refractivity contribution in [2.75, 3.05) is 7.11 Å². The highest BCUT2D eigenvalue weighted by atomic mass is 32.1. The summed E-state index contributed by atoms with van der Waals surface area (Å²) in [4.78, 5) is 14.6. The molecule has 0 aliphatic heterocycles. The van der Waals surface area contributed by atoms with Crippen LogP contribution in [0.1, 0.15) is 5.56 Å². The van der Waals surface area contributed by atoms with Crippen LogP contribution in [0.4, 0.5) is 0 Å². The van der Waals surface area contributed by atoms with Gasteiger partial charge in [0.15, 0.2) is 5.11 Å². The number of H-pyrrole nitrogens is 1. The lowest BCUT2D eigenvalue weighted by Gasteiger charge is -2.06. The van der Waals surface area contributed by atoms with Crippen molar-refractivity contribution in [1.29, 1.82) is 0 Å². The number of thiocarbonyl (C=S) groups is 1. The number of hydrogen-bond acceptors (Lipinski definition) is 3. The van der Waals surface area contributed by atoms with Gasteiger partial charge in [-0.05, 0) is 35.8 Å². The van der Waals surface area contributed by atoms with Gasteiger partial charge in [0.1, 0.15) is 5.75 Å². The molecule has 1 aromatic heterocycles. The standard InChI is InChI=1S/C12H13N3O2S/c1-17-9-3-2-7-4-8(6-14-12(13)18)11(16)15-10(7)5-9/h2-5H,6H2,1H3,(H,15,16)(H3,13,14,18). The number of aromatic amines is 1. The van der Waals surface area contributed by atoms with Gasteiger partial charge < -0.3 is 20.8 Å². The van der Waals surface area contributed by atoms with Gasteiger partial charge >= 0.3 is 0 Å². The van der Waals surface area contributed by atoms with E-state index in [0.717, 1.165) is 10.9 Å². The zero-order valence-electron chi connectivity index (χ0n) is 9.82. The topological polar surface area (TPSA) is 80.1 Å². The number of hydrogen-bond donors (Lipinski definition) is 3. The predicted molar refractivity (Wildman–Crippen MR) is 74.7 cm³/mol. The van der Waals surface area contributed by atoms with E-state index in [-0.39, 0.29) is 10.7 Å². The summed E-state index contributed by atoms with van der Waals surface area (Å²) in [6, 6.07) is 7.31. The fourth-order valence-electron chi connectivity index (χ4n) is 1.67. The minimum absolute atomic E-state index is 0.167. The Morgan fingerprint density at radius 2 is 2.28 bits per heavy atom. The Bertz CT molecular complexity index is 651. The van der Waals surface area contributed by atoms with Crippen LogP contribution in [-0.4, -0.2) is 17.2 Å². The third kappa shape index (κ3) is 2.60. The number of fused-ring (bicyclic) bond motifs is 1. The molecule has 0 saturated carbocycles. The average molecular weight is 263 g/mol. The molecule has 6 heteroatoms. The number of rotatable bonds is 3. The van der Waals surface area contributed by atoms with Crippen molar-refractivity contribution < 1.29 is 4.74 Å². The third-order valence-corrected chi connectivity index (χ3v) is 2.73. The molecule has 0 radical (unpaired) electrons. The van der Waals surface area contributed by atoms with Crippen molar-refractivity contribution in [3.8, 4) is 5.75 Å². The minimum Gasteiger partial charge on any atom is -0.497 e. The number of nitrogens with one attached hydrogen (secondary N) is 2. The maximum atomic E-state index is 11.8. The quantitative estimate of drug-likeness (QED) is 0.716. The lowest BCUT2D eigenvalue weighted by Crippen LogP contribution is -2.30. The van der Waals surface area contributed by atoms with Crippen molar-refractivity contribution >= 4 is 28.2 Å². The highest BCUT2D eigenvalue weighted by Crippen LogP contribution is 2.18. The van der Waals surface area contributed by atoms with E-state index in [4.69, 9.17) is 22.7 Å². The summed E-state index contributed by atoms with van der Waals surface area (Å²) in [5, 5.41) is 3.85. The Balaban J connectivity index is 2.43. The molecule has 0 aliphatic rings. The number of aromatic nitrogens is 1. The van der Waals surface area contributed by atoms with Crippen molar-refractivity contribution in [3.05, 3.63) is 40.2 Å². The summed E-state index contributed by atoms with van der Waals surface area (Å²) >= 11 is 4.70. The van der Waals surface area contributed by atoms with Gasteiger partial charge in [-0.2, -0.15) is 0 Å². The van der Waals surface area contributed by atoms with E-state index in [0.29, 0.717) is 17.9 Å². The first-order valence-corrected chi connectivity index (χ1v) is 5.74. The van der Waals surface area contributed by atoms with Crippen LogP contribution in [0.5, 0.6) is 5.75 Å². The lowest BCUT2D eigenvalue weighted by molar-refractivity contribution is 0.415. The van der Waals surface area contributed by atoms with Gasteiger partial charge in [0.25, 0.3) is 5.56 Å². The van der Waals surface area contributed by atoms with Gasteiger partial charge in [-0.15, -0.1) is 0 Å². The van der Waals surface area contributed by atoms with E-state index in [2.05, 4.69) is 10.3 Å². The number of nitrogens with two attached hydrogens (primary N) is 1. The highest BCUT2D eigenvalue weighted by Gasteiger charge is 2.04. The van der Waals surface area contributed by atoms with Crippen molar-refractivity contribution in [3.63, 3.8) is 0 Å². The Morgan fingerprint density at radius 1 is 1.50 bits per heavy atom. The van der Waals surface area contributed by atoms with Crippen LogP contribution >= 0.6 is 12.2 Å². The number of benzene rings is 1. The summed E-state index contributed by atoms with van der Waals surface area (Å²) in [6.07, 6.45) is 0. The SMILES string of the molecule is COc1ccc2cc(CNC(N)=S)c(=O)[nH]c2c1. The summed E-state index contributed by atoms with van der Waals surface area (Å²) in [5.74, 6) is 0.701. The third-order valence-electron chi connectivity index (χ3n) is 2.58. The highest BCUT2D eigenvalue weighted by molar-refractivity contribution is 7.80. The molecule has 0 aliphatic carbocycles.